The van der Waals surface area contributed by atoms with E-state index < -0.39 is 17.1 Å². The van der Waals surface area contributed by atoms with Gasteiger partial charge in [-0.25, -0.2) is 14.8 Å². The molecule has 0 radical (unpaired) electrons. The maximum atomic E-state index is 13.6. The van der Waals surface area contributed by atoms with Gasteiger partial charge in [-0.05, 0) is 56.9 Å². The van der Waals surface area contributed by atoms with Crippen LogP contribution < -0.4 is 11.2 Å². The topological polar surface area (TPSA) is 104 Å². The van der Waals surface area contributed by atoms with Crippen LogP contribution in [0, 0.1) is 0 Å². The summed E-state index contributed by atoms with van der Waals surface area (Å²) in [6.45, 7) is 2.27. The molecule has 0 unspecified atom stereocenters. The highest BCUT2D eigenvalue weighted by Crippen LogP contribution is 2.29. The van der Waals surface area contributed by atoms with Gasteiger partial charge in [0.15, 0.2) is 22.9 Å². The smallest absolute Gasteiger partial charge is 0.332 e. The number of aliphatic hydroxyl groups excluding tert-OH is 1. The van der Waals surface area contributed by atoms with Crippen molar-refractivity contribution >= 4 is 22.6 Å². The molecule has 0 atom stereocenters. The van der Waals surface area contributed by atoms with Crippen molar-refractivity contribution in [3.8, 4) is 0 Å². The number of nitrogens with zero attached hydrogens (tertiary/aromatic N) is 5. The predicted octanol–water partition coefficient (Wildman–Crippen LogP) is 2.97. The molecule has 0 aromatic carbocycles. The molecular formula is C26H28FN5O4. The molecule has 2 aromatic heterocycles. The van der Waals surface area contributed by atoms with E-state index in [1.165, 1.54) is 17.1 Å². The van der Waals surface area contributed by atoms with Crippen LogP contribution in [0.15, 0.2) is 55.8 Å². The summed E-state index contributed by atoms with van der Waals surface area (Å²) in [5.41, 5.74) is 6.27. The molecule has 0 spiro atoms. The molecule has 0 bridgehead atoms. The SMILES string of the molecule is CCn1c(=O)n(CCCO)c(=O)c2c1nc(C1=CN=C(OC3CCC3)CC1)n2CC1=C=C=C(F)C=C1. The molecular weight excluding hydrogens is 465 g/mol. The Labute approximate surface area is 206 Å². The lowest BCUT2D eigenvalue weighted by molar-refractivity contribution is 0.104. The third-order valence-electron chi connectivity index (χ3n) is 6.69. The Hall–Kier alpha value is -3.71. The van der Waals surface area contributed by atoms with Crippen LogP contribution in [-0.4, -0.2) is 42.4 Å². The van der Waals surface area contributed by atoms with Crippen LogP contribution in [0.1, 0.15) is 51.3 Å². The first-order valence-electron chi connectivity index (χ1n) is 12.4. The van der Waals surface area contributed by atoms with Crippen LogP contribution in [0.5, 0.6) is 0 Å². The summed E-state index contributed by atoms with van der Waals surface area (Å²) in [7, 11) is 0. The van der Waals surface area contributed by atoms with Gasteiger partial charge in [0, 0.05) is 43.5 Å². The van der Waals surface area contributed by atoms with Crippen molar-refractivity contribution in [1.82, 2.24) is 18.7 Å². The number of aliphatic hydroxyl groups is 1. The van der Waals surface area contributed by atoms with Crippen molar-refractivity contribution in [2.75, 3.05) is 6.61 Å². The van der Waals surface area contributed by atoms with E-state index >= 15 is 0 Å². The first-order chi connectivity index (χ1) is 17.5. The van der Waals surface area contributed by atoms with Crippen LogP contribution in [0.4, 0.5) is 4.39 Å². The number of imidazole rings is 1. The van der Waals surface area contributed by atoms with Crippen LogP contribution in [0.25, 0.3) is 16.7 Å². The number of halogens is 1. The number of allylic oxidation sites excluding steroid dienone is 5. The van der Waals surface area contributed by atoms with Gasteiger partial charge >= 0.3 is 5.69 Å². The number of fused-ring (bicyclic) bond motifs is 1. The molecule has 1 N–H and O–H groups in total. The van der Waals surface area contributed by atoms with E-state index in [0.717, 1.165) is 23.0 Å². The van der Waals surface area contributed by atoms with E-state index in [4.69, 9.17) is 9.72 Å². The number of hydrogen-bond acceptors (Lipinski definition) is 6. The summed E-state index contributed by atoms with van der Waals surface area (Å²) in [5.74, 6) is 0.696. The summed E-state index contributed by atoms with van der Waals surface area (Å²) in [4.78, 5) is 35.9. The molecule has 0 amide bonds. The lowest BCUT2D eigenvalue weighted by Gasteiger charge is -2.27. The molecule has 3 heterocycles. The van der Waals surface area contributed by atoms with Crippen LogP contribution >= 0.6 is 0 Å². The maximum absolute atomic E-state index is 13.6. The van der Waals surface area contributed by atoms with Crippen LogP contribution in [0.2, 0.25) is 0 Å². The number of hydrogen-bond donors (Lipinski definition) is 1. The number of aromatic nitrogens is 4. The van der Waals surface area contributed by atoms with Gasteiger partial charge in [0.05, 0.1) is 6.54 Å². The standard InChI is InChI=1S/C26H28FN5O4/c1-2-30-24-22(25(34)31(26(30)35)13-4-14-33)32(16-17-7-10-19(27)11-8-17)23(29-24)18-9-12-21(28-15-18)36-20-5-3-6-20/h7,10,15,20,33H,2-6,9,12-14,16H2,1H3. The Kier molecular flexibility index (Phi) is 6.74. The van der Waals surface area contributed by atoms with Gasteiger partial charge in [0.1, 0.15) is 11.9 Å². The largest absolute Gasteiger partial charge is 0.477 e. The molecule has 188 valence electrons. The zero-order valence-electron chi connectivity index (χ0n) is 20.2. The van der Waals surface area contributed by atoms with Crippen molar-refractivity contribution in [1.29, 1.82) is 0 Å². The van der Waals surface area contributed by atoms with Crippen molar-refractivity contribution < 1.29 is 14.2 Å². The minimum Gasteiger partial charge on any atom is -0.477 e. The van der Waals surface area contributed by atoms with E-state index in [2.05, 4.69) is 16.5 Å². The van der Waals surface area contributed by atoms with Crippen LogP contribution in [-0.2, 0) is 24.4 Å². The molecule has 10 heteroatoms. The molecule has 9 nitrogen and oxygen atoms in total. The molecule has 2 aliphatic carbocycles. The second kappa shape index (κ2) is 10.1. The van der Waals surface area contributed by atoms with Gasteiger partial charge in [-0.2, -0.15) is 4.39 Å². The highest BCUT2D eigenvalue weighted by atomic mass is 19.1. The van der Waals surface area contributed by atoms with E-state index in [0.29, 0.717) is 36.7 Å². The van der Waals surface area contributed by atoms with E-state index in [9.17, 15) is 19.1 Å². The fourth-order valence-corrected chi connectivity index (χ4v) is 4.52. The molecule has 36 heavy (non-hydrogen) atoms. The molecule has 3 aliphatic rings. The number of aryl methyl sites for hydroxylation is 1. The molecule has 1 saturated carbocycles. The van der Waals surface area contributed by atoms with E-state index in [1.54, 1.807) is 16.8 Å². The van der Waals surface area contributed by atoms with Crippen molar-refractivity contribution in [3.05, 3.63) is 67.9 Å². The van der Waals surface area contributed by atoms with Gasteiger partial charge in [0.25, 0.3) is 5.56 Å². The molecule has 5 rings (SSSR count). The molecule has 2 aromatic rings. The first kappa shape index (κ1) is 24.0. The normalized spacial score (nSPS) is 17.5. The fourth-order valence-electron chi connectivity index (χ4n) is 4.52. The summed E-state index contributed by atoms with van der Waals surface area (Å²) < 4.78 is 23.8. The Balaban J connectivity index is 1.68. The lowest BCUT2D eigenvalue weighted by Crippen LogP contribution is -2.40. The predicted molar refractivity (Wildman–Crippen MR) is 133 cm³/mol. The third-order valence-corrected chi connectivity index (χ3v) is 6.69. The minimum absolute atomic E-state index is 0.0932. The van der Waals surface area contributed by atoms with Crippen molar-refractivity contribution in [3.63, 3.8) is 0 Å². The van der Waals surface area contributed by atoms with Gasteiger partial charge in [-0.15, -0.1) is 0 Å². The average molecular weight is 494 g/mol. The summed E-state index contributed by atoms with van der Waals surface area (Å²) in [5, 5.41) is 9.28. The van der Waals surface area contributed by atoms with E-state index in [-0.39, 0.29) is 43.4 Å². The quantitative estimate of drug-likeness (QED) is 0.570. The third kappa shape index (κ3) is 4.46. The Morgan fingerprint density at radius 3 is 2.61 bits per heavy atom. The molecule has 1 fully saturated rings. The second-order valence-corrected chi connectivity index (χ2v) is 9.06. The minimum atomic E-state index is -0.524. The number of ether oxygens (including phenoxy) is 1. The summed E-state index contributed by atoms with van der Waals surface area (Å²) >= 11 is 0. The van der Waals surface area contributed by atoms with Crippen LogP contribution in [0.3, 0.4) is 0 Å². The zero-order chi connectivity index (χ0) is 25.2. The number of rotatable bonds is 8. The second-order valence-electron chi connectivity index (χ2n) is 9.06. The van der Waals surface area contributed by atoms with Crippen molar-refractivity contribution in [2.45, 2.75) is 71.2 Å². The summed E-state index contributed by atoms with van der Waals surface area (Å²) in [6.07, 6.45) is 9.61. The lowest BCUT2D eigenvalue weighted by atomic mass is 9.96. The van der Waals surface area contributed by atoms with Gasteiger partial charge in [-0.3, -0.25) is 13.9 Å². The highest BCUT2D eigenvalue weighted by molar-refractivity contribution is 5.84. The number of aliphatic imine (C=N–C) groups is 1. The maximum Gasteiger partial charge on any atom is 0.332 e. The van der Waals surface area contributed by atoms with Crippen molar-refractivity contribution in [2.24, 2.45) is 4.99 Å². The fraction of sp³-hybridized carbons (Fsp3) is 0.462. The highest BCUT2D eigenvalue weighted by Gasteiger charge is 2.26. The monoisotopic (exact) mass is 493 g/mol. The van der Waals surface area contributed by atoms with Gasteiger partial charge in [0.2, 0.25) is 0 Å². The Morgan fingerprint density at radius 1 is 1.17 bits per heavy atom. The summed E-state index contributed by atoms with van der Waals surface area (Å²) in [6, 6.07) is 0. The molecule has 1 aliphatic heterocycles. The Bertz CT molecular complexity index is 1520. The van der Waals surface area contributed by atoms with Gasteiger partial charge in [-0.1, -0.05) is 5.73 Å². The van der Waals surface area contributed by atoms with E-state index in [1.807, 2.05) is 6.92 Å². The Morgan fingerprint density at radius 2 is 2.00 bits per heavy atom. The van der Waals surface area contributed by atoms with Gasteiger partial charge < -0.3 is 14.4 Å². The average Bonchev–Trinajstić information content (AvgIpc) is 3.22. The molecule has 0 saturated heterocycles. The first-order valence-corrected chi connectivity index (χ1v) is 12.4. The zero-order valence-corrected chi connectivity index (χ0v) is 20.2.